The van der Waals surface area contributed by atoms with Crippen LogP contribution in [0, 0.1) is 0 Å². The van der Waals surface area contributed by atoms with Crippen LogP contribution < -0.4 is 0 Å². The first-order valence-corrected chi connectivity index (χ1v) is 5.83. The highest BCUT2D eigenvalue weighted by Crippen LogP contribution is 2.36. The van der Waals surface area contributed by atoms with Gasteiger partial charge in [-0.05, 0) is 25.0 Å². The molecule has 0 saturated heterocycles. The fourth-order valence-electron chi connectivity index (χ4n) is 1.81. The van der Waals surface area contributed by atoms with Crippen molar-refractivity contribution < 1.29 is 4.79 Å². The Morgan fingerprint density at radius 1 is 1.29 bits per heavy atom. The average Bonchev–Trinajstić information content (AvgIpc) is 3.10. The van der Waals surface area contributed by atoms with Gasteiger partial charge in [-0.1, -0.05) is 28.9 Å². The van der Waals surface area contributed by atoms with Crippen molar-refractivity contribution in [3.63, 3.8) is 0 Å². The van der Waals surface area contributed by atoms with Crippen molar-refractivity contribution in [3.05, 3.63) is 35.0 Å². The smallest absolute Gasteiger partial charge is 0.170 e. The number of aldehydes is 1. The fourth-order valence-corrected chi connectivity index (χ4v) is 1.94. The third-order valence-corrected chi connectivity index (χ3v) is 3.10. The van der Waals surface area contributed by atoms with Crippen LogP contribution in [0.1, 0.15) is 29.4 Å². The van der Waals surface area contributed by atoms with Crippen LogP contribution in [0.3, 0.4) is 0 Å². The third kappa shape index (κ3) is 1.85. The second-order valence-corrected chi connectivity index (χ2v) is 4.56. The number of nitrogens with zero attached hydrogens (tertiary/aromatic N) is 3. The first-order chi connectivity index (χ1) is 8.29. The number of hydrogen-bond acceptors (Lipinski definition) is 3. The van der Waals surface area contributed by atoms with Gasteiger partial charge in [0.2, 0.25) is 0 Å². The number of aromatic nitrogens is 3. The van der Waals surface area contributed by atoms with Gasteiger partial charge < -0.3 is 0 Å². The number of benzene rings is 1. The number of halogens is 1. The molecule has 0 atom stereocenters. The predicted molar refractivity (Wildman–Crippen MR) is 64.1 cm³/mol. The van der Waals surface area contributed by atoms with Gasteiger partial charge in [0.05, 0.1) is 6.04 Å². The van der Waals surface area contributed by atoms with Gasteiger partial charge in [-0.15, -0.1) is 5.10 Å². The molecule has 0 bridgehead atoms. The predicted octanol–water partition coefficient (Wildman–Crippen LogP) is 2.75. The van der Waals surface area contributed by atoms with Gasteiger partial charge in [0.15, 0.2) is 6.29 Å². The molecule has 0 amide bonds. The zero-order valence-corrected chi connectivity index (χ0v) is 9.76. The van der Waals surface area contributed by atoms with Crippen molar-refractivity contribution >= 4 is 17.9 Å². The Hall–Kier alpha value is -1.68. The summed E-state index contributed by atoms with van der Waals surface area (Å²) in [6, 6.07) is 7.60. The molecular formula is C12H10ClN3O. The van der Waals surface area contributed by atoms with Crippen LogP contribution in [0.2, 0.25) is 5.02 Å². The fraction of sp³-hybridized carbons (Fsp3) is 0.250. The number of rotatable bonds is 3. The third-order valence-electron chi connectivity index (χ3n) is 2.85. The molecule has 1 aliphatic carbocycles. The SMILES string of the molecule is O=Cc1c(-c2ccc(Cl)cc2)nnn1C1CC1. The van der Waals surface area contributed by atoms with E-state index in [9.17, 15) is 4.79 Å². The lowest BCUT2D eigenvalue weighted by molar-refractivity contribution is 0.111. The molecule has 1 aromatic heterocycles. The standard InChI is InChI=1S/C12H10ClN3O/c13-9-3-1-8(2-4-9)12-11(7-17)16(15-14-12)10-5-6-10/h1-4,7,10H,5-6H2. The molecule has 3 rings (SSSR count). The van der Waals surface area contributed by atoms with E-state index < -0.39 is 0 Å². The van der Waals surface area contributed by atoms with Crippen molar-refractivity contribution in [3.8, 4) is 11.3 Å². The zero-order chi connectivity index (χ0) is 11.8. The Morgan fingerprint density at radius 2 is 2.00 bits per heavy atom. The van der Waals surface area contributed by atoms with Crippen LogP contribution in [0.5, 0.6) is 0 Å². The maximum absolute atomic E-state index is 11.2. The molecule has 86 valence electrons. The van der Waals surface area contributed by atoms with E-state index in [4.69, 9.17) is 11.6 Å². The average molecular weight is 248 g/mol. The van der Waals surface area contributed by atoms with E-state index in [1.54, 1.807) is 16.8 Å². The van der Waals surface area contributed by atoms with E-state index >= 15 is 0 Å². The van der Waals surface area contributed by atoms with Crippen LogP contribution in [-0.4, -0.2) is 21.3 Å². The van der Waals surface area contributed by atoms with Crippen molar-refractivity contribution in [1.82, 2.24) is 15.0 Å². The monoisotopic (exact) mass is 247 g/mol. The van der Waals surface area contributed by atoms with Gasteiger partial charge in [-0.25, -0.2) is 4.68 Å². The molecule has 1 heterocycles. The minimum Gasteiger partial charge on any atom is -0.296 e. The van der Waals surface area contributed by atoms with E-state index in [-0.39, 0.29) is 0 Å². The van der Waals surface area contributed by atoms with Gasteiger partial charge >= 0.3 is 0 Å². The van der Waals surface area contributed by atoms with E-state index in [1.165, 1.54) is 0 Å². The van der Waals surface area contributed by atoms with Crippen molar-refractivity contribution in [2.24, 2.45) is 0 Å². The van der Waals surface area contributed by atoms with Crippen molar-refractivity contribution in [2.75, 3.05) is 0 Å². The highest BCUT2D eigenvalue weighted by molar-refractivity contribution is 6.30. The molecule has 0 aliphatic heterocycles. The highest BCUT2D eigenvalue weighted by Gasteiger charge is 2.28. The first-order valence-electron chi connectivity index (χ1n) is 5.46. The van der Waals surface area contributed by atoms with Gasteiger partial charge in [-0.3, -0.25) is 4.79 Å². The zero-order valence-electron chi connectivity index (χ0n) is 9.01. The normalized spacial score (nSPS) is 14.9. The summed E-state index contributed by atoms with van der Waals surface area (Å²) in [6.45, 7) is 0. The molecule has 17 heavy (non-hydrogen) atoms. The Bertz CT molecular complexity index is 558. The summed E-state index contributed by atoms with van der Waals surface area (Å²) < 4.78 is 1.72. The molecule has 0 spiro atoms. The summed E-state index contributed by atoms with van der Waals surface area (Å²) in [7, 11) is 0. The minimum atomic E-state index is 0.351. The van der Waals surface area contributed by atoms with Gasteiger partial charge in [0, 0.05) is 10.6 Å². The second-order valence-electron chi connectivity index (χ2n) is 4.12. The summed E-state index contributed by atoms with van der Waals surface area (Å²) in [6.07, 6.45) is 2.97. The van der Waals surface area contributed by atoms with Crippen LogP contribution in [0.25, 0.3) is 11.3 Å². The first kappa shape index (κ1) is 10.5. The Balaban J connectivity index is 2.07. The van der Waals surface area contributed by atoms with Gasteiger partial charge in [0.1, 0.15) is 11.4 Å². The summed E-state index contributed by atoms with van der Waals surface area (Å²) in [5.74, 6) is 0. The lowest BCUT2D eigenvalue weighted by Gasteiger charge is -2.00. The summed E-state index contributed by atoms with van der Waals surface area (Å²) in [4.78, 5) is 11.2. The highest BCUT2D eigenvalue weighted by atomic mass is 35.5. The van der Waals surface area contributed by atoms with E-state index in [1.807, 2.05) is 12.1 Å². The summed E-state index contributed by atoms with van der Waals surface area (Å²) >= 11 is 5.83. The summed E-state index contributed by atoms with van der Waals surface area (Å²) in [5.41, 5.74) is 2.04. The molecule has 0 N–H and O–H groups in total. The van der Waals surface area contributed by atoms with Gasteiger partial charge in [-0.2, -0.15) is 0 Å². The Kier molecular flexibility index (Phi) is 2.44. The molecule has 4 nitrogen and oxygen atoms in total. The van der Waals surface area contributed by atoms with E-state index in [0.29, 0.717) is 22.5 Å². The Morgan fingerprint density at radius 3 is 2.59 bits per heavy atom. The summed E-state index contributed by atoms with van der Waals surface area (Å²) in [5, 5.41) is 8.80. The quantitative estimate of drug-likeness (QED) is 0.784. The van der Waals surface area contributed by atoms with Gasteiger partial charge in [0.25, 0.3) is 0 Å². The molecule has 0 radical (unpaired) electrons. The maximum atomic E-state index is 11.2. The molecule has 1 fully saturated rings. The number of carbonyl (C=O) groups is 1. The number of carbonyl (C=O) groups excluding carboxylic acids is 1. The van der Waals surface area contributed by atoms with Crippen LogP contribution >= 0.6 is 11.6 Å². The molecule has 1 saturated carbocycles. The molecule has 2 aromatic rings. The second kappa shape index (κ2) is 3.96. The van der Waals surface area contributed by atoms with Crippen LogP contribution in [0.4, 0.5) is 0 Å². The van der Waals surface area contributed by atoms with E-state index in [2.05, 4.69) is 10.3 Å². The van der Waals surface area contributed by atoms with Crippen LogP contribution in [0.15, 0.2) is 24.3 Å². The lowest BCUT2D eigenvalue weighted by Crippen LogP contribution is -2.01. The largest absolute Gasteiger partial charge is 0.296 e. The van der Waals surface area contributed by atoms with E-state index in [0.717, 1.165) is 24.7 Å². The maximum Gasteiger partial charge on any atom is 0.170 e. The van der Waals surface area contributed by atoms with Crippen molar-refractivity contribution in [1.29, 1.82) is 0 Å². The lowest BCUT2D eigenvalue weighted by atomic mass is 10.1. The Labute approximate surface area is 103 Å². The minimum absolute atomic E-state index is 0.351. The molecule has 0 unspecified atom stereocenters. The molecular weight excluding hydrogens is 238 g/mol. The number of hydrogen-bond donors (Lipinski definition) is 0. The molecule has 1 aromatic carbocycles. The topological polar surface area (TPSA) is 47.8 Å². The molecule has 5 heteroatoms. The molecule has 1 aliphatic rings. The van der Waals surface area contributed by atoms with Crippen LogP contribution in [-0.2, 0) is 0 Å². The van der Waals surface area contributed by atoms with Crippen molar-refractivity contribution in [2.45, 2.75) is 18.9 Å².